The molecule has 13 heavy (non-hydrogen) atoms. The van der Waals surface area contributed by atoms with Crippen LogP contribution in [-0.4, -0.2) is 5.11 Å². The lowest BCUT2D eigenvalue weighted by molar-refractivity contribution is 0.478. The lowest BCUT2D eigenvalue weighted by Gasteiger charge is -1.98. The van der Waals surface area contributed by atoms with Crippen LogP contribution < -0.4 is 5.63 Å². The van der Waals surface area contributed by atoms with E-state index >= 15 is 0 Å². The second kappa shape index (κ2) is 3.02. The van der Waals surface area contributed by atoms with Crippen molar-refractivity contribution in [2.75, 3.05) is 0 Å². The van der Waals surface area contributed by atoms with E-state index in [4.69, 9.17) is 4.42 Å². The molecule has 3 nitrogen and oxygen atoms in total. The van der Waals surface area contributed by atoms with Crippen LogP contribution in [0.1, 0.15) is 0 Å². The van der Waals surface area contributed by atoms with Crippen molar-refractivity contribution < 1.29 is 9.52 Å². The molecular formula is C9H5IO3. The molecule has 0 aliphatic heterocycles. The summed E-state index contributed by atoms with van der Waals surface area (Å²) >= 11 is 1.87. The monoisotopic (exact) mass is 288 g/mol. The van der Waals surface area contributed by atoms with Gasteiger partial charge in [0, 0.05) is 0 Å². The van der Waals surface area contributed by atoms with Crippen molar-refractivity contribution in [3.05, 3.63) is 38.3 Å². The number of phenols is 1. The van der Waals surface area contributed by atoms with Crippen molar-refractivity contribution in [3.63, 3.8) is 0 Å². The third-order valence-corrected chi connectivity index (χ3v) is 2.46. The summed E-state index contributed by atoms with van der Waals surface area (Å²) in [5.41, 5.74) is 0.0316. The van der Waals surface area contributed by atoms with Crippen LogP contribution in [0.15, 0.2) is 33.5 Å². The first-order valence-corrected chi connectivity index (χ1v) is 4.68. The van der Waals surface area contributed by atoms with E-state index in [9.17, 15) is 9.90 Å². The molecule has 1 heterocycles. The molecule has 0 saturated carbocycles. The minimum absolute atomic E-state index is 0.124. The summed E-state index contributed by atoms with van der Waals surface area (Å²) < 4.78 is 5.41. The fraction of sp³-hybridized carbons (Fsp3) is 0. The number of rotatable bonds is 0. The van der Waals surface area contributed by atoms with Crippen LogP contribution in [0, 0.1) is 3.57 Å². The van der Waals surface area contributed by atoms with E-state index in [-0.39, 0.29) is 11.4 Å². The summed E-state index contributed by atoms with van der Waals surface area (Å²) in [6.07, 6.45) is 0. The summed E-state index contributed by atoms with van der Waals surface area (Å²) in [6.45, 7) is 0. The maximum absolute atomic E-state index is 11.1. The minimum atomic E-state index is -0.376. The van der Waals surface area contributed by atoms with E-state index in [2.05, 4.69) is 0 Å². The number of aromatic hydroxyl groups is 1. The van der Waals surface area contributed by atoms with Crippen LogP contribution in [0.3, 0.4) is 0 Å². The first-order valence-electron chi connectivity index (χ1n) is 3.60. The van der Waals surface area contributed by atoms with E-state index in [0.717, 1.165) is 0 Å². The van der Waals surface area contributed by atoms with Crippen molar-refractivity contribution in [1.29, 1.82) is 0 Å². The van der Waals surface area contributed by atoms with Crippen molar-refractivity contribution in [3.8, 4) is 5.75 Å². The molecule has 0 aliphatic carbocycles. The van der Waals surface area contributed by atoms with E-state index < -0.39 is 0 Å². The van der Waals surface area contributed by atoms with Gasteiger partial charge in [-0.05, 0) is 40.8 Å². The molecule has 2 rings (SSSR count). The molecular weight excluding hydrogens is 283 g/mol. The first kappa shape index (κ1) is 8.55. The molecule has 0 unspecified atom stereocenters. The first-order chi connectivity index (χ1) is 6.18. The van der Waals surface area contributed by atoms with Gasteiger partial charge in [0.1, 0.15) is 11.3 Å². The molecule has 1 N–H and O–H groups in total. The smallest absolute Gasteiger partial charge is 0.349 e. The molecule has 0 atom stereocenters. The maximum Gasteiger partial charge on any atom is 0.349 e. The Hall–Kier alpha value is -1.04. The third-order valence-electron chi connectivity index (χ3n) is 1.71. The molecule has 0 amide bonds. The summed E-state index contributed by atoms with van der Waals surface area (Å²) in [7, 11) is 0. The zero-order valence-electron chi connectivity index (χ0n) is 6.45. The van der Waals surface area contributed by atoms with Crippen LogP contribution in [0.5, 0.6) is 5.75 Å². The van der Waals surface area contributed by atoms with Gasteiger partial charge < -0.3 is 9.52 Å². The topological polar surface area (TPSA) is 50.4 Å². The number of hydrogen-bond acceptors (Lipinski definition) is 3. The lowest BCUT2D eigenvalue weighted by atomic mass is 10.2. The fourth-order valence-corrected chi connectivity index (χ4v) is 1.52. The van der Waals surface area contributed by atoms with Crippen molar-refractivity contribution in [2.45, 2.75) is 0 Å². The van der Waals surface area contributed by atoms with Gasteiger partial charge in [-0.2, -0.15) is 0 Å². The Morgan fingerprint density at radius 1 is 1.38 bits per heavy atom. The Morgan fingerprint density at radius 3 is 2.92 bits per heavy atom. The quantitative estimate of drug-likeness (QED) is 0.596. The van der Waals surface area contributed by atoms with Gasteiger partial charge in [-0.25, -0.2) is 4.79 Å². The fourth-order valence-electron chi connectivity index (χ4n) is 1.10. The van der Waals surface area contributed by atoms with E-state index in [1.165, 1.54) is 0 Å². The Labute approximate surface area is 87.1 Å². The average molecular weight is 288 g/mol. The number of benzene rings is 1. The van der Waals surface area contributed by atoms with Crippen molar-refractivity contribution in [2.24, 2.45) is 0 Å². The standard InChI is InChI=1S/C9H5IO3/c10-6-4-5-7(11)2-1-3-8(5)13-9(6)12/h1-4,11H. The van der Waals surface area contributed by atoms with Gasteiger partial charge >= 0.3 is 5.63 Å². The molecule has 1 aromatic carbocycles. The Kier molecular flexibility index (Phi) is 1.99. The summed E-state index contributed by atoms with van der Waals surface area (Å²) in [6, 6.07) is 6.44. The second-order valence-electron chi connectivity index (χ2n) is 2.57. The Morgan fingerprint density at radius 2 is 2.15 bits per heavy atom. The van der Waals surface area contributed by atoms with Gasteiger partial charge in [0.05, 0.1) is 8.96 Å². The highest BCUT2D eigenvalue weighted by Crippen LogP contribution is 2.23. The SMILES string of the molecule is O=c1oc2cccc(O)c2cc1I. The summed E-state index contributed by atoms with van der Waals surface area (Å²) in [5.74, 6) is 0.124. The molecule has 0 saturated heterocycles. The molecule has 0 fully saturated rings. The van der Waals surface area contributed by atoms with Gasteiger partial charge in [-0.3, -0.25) is 0 Å². The summed E-state index contributed by atoms with van der Waals surface area (Å²) in [5, 5.41) is 9.98. The molecule has 0 bridgehead atoms. The highest BCUT2D eigenvalue weighted by Gasteiger charge is 2.04. The van der Waals surface area contributed by atoms with Crippen molar-refractivity contribution >= 4 is 33.6 Å². The van der Waals surface area contributed by atoms with Gasteiger partial charge in [0.25, 0.3) is 0 Å². The number of halogens is 1. The van der Waals surface area contributed by atoms with E-state index in [0.29, 0.717) is 14.5 Å². The molecule has 2 aromatic rings. The molecule has 0 spiro atoms. The Balaban J connectivity index is 2.97. The molecule has 4 heteroatoms. The second-order valence-corrected chi connectivity index (χ2v) is 3.73. The average Bonchev–Trinajstić information content (AvgIpc) is 2.09. The van der Waals surface area contributed by atoms with Crippen molar-refractivity contribution in [1.82, 2.24) is 0 Å². The van der Waals surface area contributed by atoms with Gasteiger partial charge in [0.15, 0.2) is 0 Å². The lowest BCUT2D eigenvalue weighted by Crippen LogP contribution is -2.01. The van der Waals surface area contributed by atoms with Gasteiger partial charge in [0.2, 0.25) is 0 Å². The minimum Gasteiger partial charge on any atom is -0.507 e. The molecule has 1 aromatic heterocycles. The molecule has 0 aliphatic rings. The van der Waals surface area contributed by atoms with Gasteiger partial charge in [-0.1, -0.05) is 6.07 Å². The maximum atomic E-state index is 11.1. The van der Waals surface area contributed by atoms with Gasteiger partial charge in [-0.15, -0.1) is 0 Å². The van der Waals surface area contributed by atoms with Crippen LogP contribution in [0.4, 0.5) is 0 Å². The number of phenolic OH excluding ortho intramolecular Hbond substituents is 1. The predicted octanol–water partition coefficient (Wildman–Crippen LogP) is 2.10. The summed E-state index contributed by atoms with van der Waals surface area (Å²) in [4.78, 5) is 11.1. The zero-order valence-corrected chi connectivity index (χ0v) is 8.61. The molecule has 0 radical (unpaired) electrons. The van der Waals surface area contributed by atoms with Crippen LogP contribution in [0.2, 0.25) is 0 Å². The van der Waals surface area contributed by atoms with Crippen LogP contribution >= 0.6 is 22.6 Å². The number of fused-ring (bicyclic) bond motifs is 1. The third kappa shape index (κ3) is 1.41. The van der Waals surface area contributed by atoms with E-state index in [1.54, 1.807) is 24.3 Å². The molecule has 66 valence electrons. The highest BCUT2D eigenvalue weighted by molar-refractivity contribution is 14.1. The number of hydrogen-bond donors (Lipinski definition) is 1. The van der Waals surface area contributed by atoms with Crippen LogP contribution in [-0.2, 0) is 0 Å². The zero-order chi connectivity index (χ0) is 9.42. The largest absolute Gasteiger partial charge is 0.507 e. The normalized spacial score (nSPS) is 10.5. The predicted molar refractivity (Wildman–Crippen MR) is 56.9 cm³/mol. The Bertz CT molecular complexity index is 516. The van der Waals surface area contributed by atoms with E-state index in [1.807, 2.05) is 22.6 Å². The highest BCUT2D eigenvalue weighted by atomic mass is 127. The van der Waals surface area contributed by atoms with Crippen LogP contribution in [0.25, 0.3) is 11.0 Å².